The predicted molar refractivity (Wildman–Crippen MR) is 50.6 cm³/mol. The van der Waals surface area contributed by atoms with Gasteiger partial charge in [-0.1, -0.05) is 0 Å². The molecule has 7 heteroatoms. The molecule has 0 aliphatic carbocycles. The van der Waals surface area contributed by atoms with Gasteiger partial charge in [0.2, 0.25) is 0 Å². The Labute approximate surface area is 88.9 Å². The molecule has 16 heavy (non-hydrogen) atoms. The number of halogens is 2. The van der Waals surface area contributed by atoms with Crippen LogP contribution in [-0.4, -0.2) is 23.0 Å². The topological polar surface area (TPSA) is 92.4 Å². The number of carboxylic acids is 1. The van der Waals surface area contributed by atoms with Crippen LogP contribution in [-0.2, 0) is 9.59 Å². The van der Waals surface area contributed by atoms with Crippen molar-refractivity contribution in [1.82, 2.24) is 0 Å². The molecule has 0 aliphatic heterocycles. The summed E-state index contributed by atoms with van der Waals surface area (Å²) < 4.78 is 25.7. The Bertz CT molecular complexity index is 437. The average Bonchev–Trinajstić information content (AvgIpc) is 2.22. The zero-order valence-corrected chi connectivity index (χ0v) is 7.91. The van der Waals surface area contributed by atoms with E-state index >= 15 is 0 Å². The summed E-state index contributed by atoms with van der Waals surface area (Å²) in [4.78, 5) is 21.4. The minimum atomic E-state index is -1.83. The molecule has 0 spiro atoms. The second kappa shape index (κ2) is 4.67. The summed E-state index contributed by atoms with van der Waals surface area (Å²) in [6.07, 6.45) is 0. The fourth-order valence-electron chi connectivity index (χ4n) is 0.916. The maximum absolute atomic E-state index is 13.0. The Kier molecular flexibility index (Phi) is 3.51. The lowest BCUT2D eigenvalue weighted by Gasteiger charge is -2.08. The van der Waals surface area contributed by atoms with Gasteiger partial charge in [0.15, 0.2) is 6.04 Å². The molecular weight excluding hydrogens is 222 g/mol. The molecule has 1 atom stereocenters. The van der Waals surface area contributed by atoms with E-state index in [1.807, 2.05) is 5.32 Å². The van der Waals surface area contributed by atoms with Crippen molar-refractivity contribution < 1.29 is 23.5 Å². The third-order valence-electron chi connectivity index (χ3n) is 1.73. The molecule has 1 rings (SSSR count). The molecule has 86 valence electrons. The number of carbonyl (C=O) groups is 2. The smallest absolute Gasteiger partial charge is 0.330 e. The fraction of sp³-hybridized carbons (Fsp3) is 0.111. The molecule has 0 aromatic heterocycles. The molecule has 5 nitrogen and oxygen atoms in total. The van der Waals surface area contributed by atoms with Gasteiger partial charge in [-0.3, -0.25) is 4.79 Å². The second-order valence-corrected chi connectivity index (χ2v) is 2.93. The lowest BCUT2D eigenvalue weighted by atomic mass is 10.2. The molecule has 4 N–H and O–H groups in total. The number of amides is 1. The summed E-state index contributed by atoms with van der Waals surface area (Å²) >= 11 is 0. The monoisotopic (exact) mass is 230 g/mol. The van der Waals surface area contributed by atoms with Crippen LogP contribution in [0.4, 0.5) is 14.5 Å². The number of carbonyl (C=O) groups excluding carboxylic acids is 1. The highest BCUT2D eigenvalue weighted by molar-refractivity contribution is 6.07. The summed E-state index contributed by atoms with van der Waals surface area (Å²) in [7, 11) is 0. The number of nitrogens with one attached hydrogen (secondary N) is 1. The molecule has 1 amide bonds. The highest BCUT2D eigenvalue weighted by Gasteiger charge is 2.22. The Balaban J connectivity index is 2.84. The van der Waals surface area contributed by atoms with Crippen LogP contribution in [0.25, 0.3) is 0 Å². The number of rotatable bonds is 3. The van der Waals surface area contributed by atoms with Crippen molar-refractivity contribution in [3.63, 3.8) is 0 Å². The van der Waals surface area contributed by atoms with Crippen LogP contribution < -0.4 is 11.1 Å². The first-order chi connectivity index (χ1) is 7.41. The number of carboxylic acid groups (broad SMARTS) is 1. The molecule has 0 fully saturated rings. The molecule has 0 bridgehead atoms. The summed E-state index contributed by atoms with van der Waals surface area (Å²) in [6.45, 7) is 0. The average molecular weight is 230 g/mol. The quantitative estimate of drug-likeness (QED) is 0.652. The van der Waals surface area contributed by atoms with Gasteiger partial charge in [0.05, 0.1) is 5.69 Å². The van der Waals surface area contributed by atoms with Crippen LogP contribution in [0.5, 0.6) is 0 Å². The van der Waals surface area contributed by atoms with E-state index in [0.717, 1.165) is 18.2 Å². The molecular formula is C9H8F2N2O3. The molecule has 1 aromatic carbocycles. The van der Waals surface area contributed by atoms with Crippen LogP contribution in [0.1, 0.15) is 0 Å². The van der Waals surface area contributed by atoms with E-state index in [0.29, 0.717) is 0 Å². The number of hydrogen-bond donors (Lipinski definition) is 3. The Morgan fingerprint density at radius 3 is 2.56 bits per heavy atom. The Hall–Kier alpha value is -2.02. The minimum absolute atomic E-state index is 0.457. The van der Waals surface area contributed by atoms with Crippen LogP contribution in [0.15, 0.2) is 18.2 Å². The van der Waals surface area contributed by atoms with Gasteiger partial charge in [0.25, 0.3) is 5.91 Å². The zero-order valence-electron chi connectivity index (χ0n) is 7.91. The highest BCUT2D eigenvalue weighted by atomic mass is 19.1. The van der Waals surface area contributed by atoms with E-state index < -0.39 is 35.2 Å². The predicted octanol–water partition coefficient (Wildman–Crippen LogP) is 0.315. The van der Waals surface area contributed by atoms with Crippen molar-refractivity contribution in [2.45, 2.75) is 6.04 Å². The van der Waals surface area contributed by atoms with E-state index in [-0.39, 0.29) is 0 Å². The summed E-state index contributed by atoms with van der Waals surface area (Å²) in [5.74, 6) is -4.33. The van der Waals surface area contributed by atoms with Gasteiger partial charge in [-0.05, 0) is 12.1 Å². The van der Waals surface area contributed by atoms with Crippen molar-refractivity contribution in [2.75, 3.05) is 5.32 Å². The maximum Gasteiger partial charge on any atom is 0.330 e. The van der Waals surface area contributed by atoms with E-state index in [1.54, 1.807) is 0 Å². The minimum Gasteiger partial charge on any atom is -0.480 e. The summed E-state index contributed by atoms with van der Waals surface area (Å²) in [5, 5.41) is 10.3. The van der Waals surface area contributed by atoms with Gasteiger partial charge in [-0.2, -0.15) is 0 Å². The zero-order chi connectivity index (χ0) is 12.3. The van der Waals surface area contributed by atoms with Crippen LogP contribution in [0.2, 0.25) is 0 Å². The van der Waals surface area contributed by atoms with Crippen molar-refractivity contribution in [1.29, 1.82) is 0 Å². The first-order valence-corrected chi connectivity index (χ1v) is 4.16. The van der Waals surface area contributed by atoms with Gasteiger partial charge in [-0.15, -0.1) is 0 Å². The first-order valence-electron chi connectivity index (χ1n) is 4.16. The Morgan fingerprint density at radius 2 is 2.00 bits per heavy atom. The molecule has 1 unspecified atom stereocenters. The van der Waals surface area contributed by atoms with Crippen molar-refractivity contribution in [3.8, 4) is 0 Å². The van der Waals surface area contributed by atoms with Crippen molar-refractivity contribution in [3.05, 3.63) is 29.8 Å². The van der Waals surface area contributed by atoms with Gasteiger partial charge in [0.1, 0.15) is 11.6 Å². The van der Waals surface area contributed by atoms with Gasteiger partial charge < -0.3 is 16.2 Å². The molecule has 1 aromatic rings. The lowest BCUT2D eigenvalue weighted by molar-refractivity contribution is -0.141. The molecule has 0 saturated heterocycles. The van der Waals surface area contributed by atoms with E-state index in [9.17, 15) is 18.4 Å². The second-order valence-electron chi connectivity index (χ2n) is 2.93. The third-order valence-corrected chi connectivity index (χ3v) is 1.73. The number of nitrogens with two attached hydrogens (primary N) is 1. The van der Waals surface area contributed by atoms with Gasteiger partial charge in [0, 0.05) is 6.07 Å². The van der Waals surface area contributed by atoms with Crippen LogP contribution >= 0.6 is 0 Å². The van der Waals surface area contributed by atoms with Crippen LogP contribution in [0, 0.1) is 11.6 Å². The van der Waals surface area contributed by atoms with Crippen molar-refractivity contribution >= 4 is 17.6 Å². The molecule has 0 aliphatic rings. The SMILES string of the molecule is NC(C(=O)O)C(=O)Nc1cc(F)ccc1F. The number of benzene rings is 1. The normalized spacial score (nSPS) is 11.9. The summed E-state index contributed by atoms with van der Waals surface area (Å²) in [5.41, 5.74) is 4.51. The van der Waals surface area contributed by atoms with Crippen molar-refractivity contribution in [2.24, 2.45) is 5.73 Å². The standard InChI is InChI=1S/C9H8F2N2O3/c10-4-1-2-5(11)6(3-4)13-8(14)7(12)9(15)16/h1-3,7H,12H2,(H,13,14)(H,15,16). The third kappa shape index (κ3) is 2.74. The van der Waals surface area contributed by atoms with Crippen LogP contribution in [0.3, 0.4) is 0 Å². The largest absolute Gasteiger partial charge is 0.480 e. The van der Waals surface area contributed by atoms with E-state index in [1.165, 1.54) is 0 Å². The van der Waals surface area contributed by atoms with E-state index in [4.69, 9.17) is 10.8 Å². The first kappa shape index (κ1) is 12.1. The lowest BCUT2D eigenvalue weighted by Crippen LogP contribution is -2.42. The van der Waals surface area contributed by atoms with E-state index in [2.05, 4.69) is 0 Å². The molecule has 0 saturated carbocycles. The molecule has 0 radical (unpaired) electrons. The summed E-state index contributed by atoms with van der Waals surface area (Å²) in [6, 6.07) is 0.559. The van der Waals surface area contributed by atoms with Gasteiger partial charge >= 0.3 is 5.97 Å². The number of anilines is 1. The number of hydrogen-bond acceptors (Lipinski definition) is 3. The Morgan fingerprint density at radius 1 is 1.38 bits per heavy atom. The highest BCUT2D eigenvalue weighted by Crippen LogP contribution is 2.15. The fourth-order valence-corrected chi connectivity index (χ4v) is 0.916. The molecule has 0 heterocycles. The van der Waals surface area contributed by atoms with Gasteiger partial charge in [-0.25, -0.2) is 13.6 Å². The maximum atomic E-state index is 13.0. The number of aliphatic carboxylic acids is 1.